The van der Waals surface area contributed by atoms with Gasteiger partial charge in [0, 0.05) is 36.2 Å². The first-order chi connectivity index (χ1) is 16.2. The van der Waals surface area contributed by atoms with Gasteiger partial charge in [-0.1, -0.05) is 6.07 Å². The van der Waals surface area contributed by atoms with Gasteiger partial charge in [-0.3, -0.25) is 9.69 Å². The SMILES string of the molecule is COc1ccc2cc(CN(Cc3cccs3)Cc3nnnn3C[C@H]3CCCO3)c(=O)[nH]c2c1. The topological polar surface area (TPSA) is 98.2 Å². The van der Waals surface area contributed by atoms with E-state index in [-0.39, 0.29) is 11.7 Å². The molecule has 1 saturated heterocycles. The quantitative estimate of drug-likeness (QED) is 0.405. The summed E-state index contributed by atoms with van der Waals surface area (Å²) >= 11 is 1.70. The monoisotopic (exact) mass is 466 g/mol. The van der Waals surface area contributed by atoms with E-state index in [0.717, 1.165) is 36.2 Å². The molecule has 33 heavy (non-hydrogen) atoms. The van der Waals surface area contributed by atoms with Crippen molar-refractivity contribution in [2.45, 2.75) is 45.1 Å². The molecule has 1 fully saturated rings. The summed E-state index contributed by atoms with van der Waals surface area (Å²) in [5, 5.41) is 15.4. The summed E-state index contributed by atoms with van der Waals surface area (Å²) in [5.74, 6) is 1.48. The molecular weight excluding hydrogens is 440 g/mol. The van der Waals surface area contributed by atoms with Crippen molar-refractivity contribution < 1.29 is 9.47 Å². The third-order valence-corrected chi connectivity index (χ3v) is 6.72. The molecule has 0 radical (unpaired) electrons. The molecule has 0 amide bonds. The van der Waals surface area contributed by atoms with Crippen LogP contribution in [0.15, 0.2) is 46.6 Å². The van der Waals surface area contributed by atoms with Crippen LogP contribution in [0.4, 0.5) is 0 Å². The largest absolute Gasteiger partial charge is 0.497 e. The summed E-state index contributed by atoms with van der Waals surface area (Å²) in [4.78, 5) is 19.3. The lowest BCUT2D eigenvalue weighted by Gasteiger charge is -2.21. The van der Waals surface area contributed by atoms with Crippen molar-refractivity contribution in [2.24, 2.45) is 0 Å². The molecule has 9 nitrogen and oxygen atoms in total. The van der Waals surface area contributed by atoms with Crippen LogP contribution >= 0.6 is 11.3 Å². The lowest BCUT2D eigenvalue weighted by Crippen LogP contribution is -2.28. The molecule has 4 aromatic rings. The zero-order chi connectivity index (χ0) is 22.6. The zero-order valence-electron chi connectivity index (χ0n) is 18.4. The Labute approximate surface area is 194 Å². The van der Waals surface area contributed by atoms with E-state index in [1.165, 1.54) is 4.88 Å². The number of benzene rings is 1. The van der Waals surface area contributed by atoms with Crippen LogP contribution in [0.1, 0.15) is 29.1 Å². The van der Waals surface area contributed by atoms with E-state index in [0.29, 0.717) is 37.5 Å². The average Bonchev–Trinajstić information content (AvgIpc) is 3.59. The van der Waals surface area contributed by atoms with Gasteiger partial charge in [-0.15, -0.1) is 16.4 Å². The first kappa shape index (κ1) is 21.7. The fourth-order valence-corrected chi connectivity index (χ4v) is 4.91. The van der Waals surface area contributed by atoms with Crippen molar-refractivity contribution in [3.63, 3.8) is 0 Å². The van der Waals surface area contributed by atoms with Crippen molar-refractivity contribution in [3.05, 3.63) is 68.4 Å². The van der Waals surface area contributed by atoms with Gasteiger partial charge < -0.3 is 14.5 Å². The minimum atomic E-state index is -0.106. The number of rotatable bonds is 9. The number of thiophene rings is 1. The summed E-state index contributed by atoms with van der Waals surface area (Å²) < 4.78 is 12.9. The maximum atomic E-state index is 12.9. The minimum Gasteiger partial charge on any atom is -0.497 e. The van der Waals surface area contributed by atoms with Gasteiger partial charge in [-0.05, 0) is 58.3 Å². The number of methoxy groups -OCH3 is 1. The van der Waals surface area contributed by atoms with Gasteiger partial charge in [0.25, 0.3) is 5.56 Å². The predicted molar refractivity (Wildman–Crippen MR) is 125 cm³/mol. The molecule has 3 aromatic heterocycles. The molecule has 10 heteroatoms. The number of aromatic nitrogens is 5. The Morgan fingerprint density at radius 2 is 2.21 bits per heavy atom. The highest BCUT2D eigenvalue weighted by Gasteiger charge is 2.21. The molecule has 0 spiro atoms. The van der Waals surface area contributed by atoms with Crippen molar-refractivity contribution in [1.82, 2.24) is 30.1 Å². The molecule has 1 N–H and O–H groups in total. The number of hydrogen-bond acceptors (Lipinski definition) is 8. The molecule has 0 aliphatic carbocycles. The van der Waals surface area contributed by atoms with Crippen LogP contribution in [0.3, 0.4) is 0 Å². The zero-order valence-corrected chi connectivity index (χ0v) is 19.3. The van der Waals surface area contributed by atoms with Crippen molar-refractivity contribution in [3.8, 4) is 5.75 Å². The second kappa shape index (κ2) is 9.82. The maximum Gasteiger partial charge on any atom is 0.252 e. The van der Waals surface area contributed by atoms with Crippen LogP contribution in [0.25, 0.3) is 10.9 Å². The number of nitrogens with one attached hydrogen (secondary N) is 1. The molecule has 1 aromatic carbocycles. The third-order valence-electron chi connectivity index (χ3n) is 5.86. The number of pyridine rings is 1. The minimum absolute atomic E-state index is 0.106. The molecule has 1 aliphatic rings. The van der Waals surface area contributed by atoms with Gasteiger partial charge in [-0.25, -0.2) is 4.68 Å². The second-order valence-electron chi connectivity index (χ2n) is 8.21. The van der Waals surface area contributed by atoms with Crippen LogP contribution in [-0.2, 0) is 30.9 Å². The van der Waals surface area contributed by atoms with Crippen molar-refractivity contribution in [1.29, 1.82) is 0 Å². The lowest BCUT2D eigenvalue weighted by molar-refractivity contribution is 0.0915. The van der Waals surface area contributed by atoms with Crippen LogP contribution in [0.5, 0.6) is 5.75 Å². The number of aromatic amines is 1. The number of ether oxygens (including phenoxy) is 2. The summed E-state index contributed by atoms with van der Waals surface area (Å²) in [6.07, 6.45) is 2.25. The first-order valence-electron chi connectivity index (χ1n) is 11.0. The summed E-state index contributed by atoms with van der Waals surface area (Å²) in [5.41, 5.74) is 1.35. The van der Waals surface area contributed by atoms with E-state index in [1.54, 1.807) is 18.4 Å². The molecular formula is C23H26N6O3S. The normalized spacial score (nSPS) is 16.1. The Kier molecular flexibility index (Phi) is 6.47. The highest BCUT2D eigenvalue weighted by Crippen LogP contribution is 2.21. The molecule has 1 aliphatic heterocycles. The average molecular weight is 467 g/mol. The molecule has 0 bridgehead atoms. The van der Waals surface area contributed by atoms with Crippen LogP contribution in [0.2, 0.25) is 0 Å². The Morgan fingerprint density at radius 1 is 1.27 bits per heavy atom. The van der Waals surface area contributed by atoms with Crippen LogP contribution in [-0.4, -0.2) is 49.9 Å². The standard InChI is InChI=1S/C23H26N6O3S/c1-31-18-7-6-16-10-17(23(30)24-21(16)11-18)12-28(14-20-5-3-9-33-20)15-22-25-26-27-29(22)13-19-4-2-8-32-19/h3,5-7,9-11,19H,2,4,8,12-15H2,1H3,(H,24,30)/t19-/m1/s1. The number of nitrogens with zero attached hydrogens (tertiary/aromatic N) is 5. The highest BCUT2D eigenvalue weighted by atomic mass is 32.1. The van der Waals surface area contributed by atoms with Gasteiger partial charge in [0.2, 0.25) is 0 Å². The molecule has 5 rings (SSSR count). The second-order valence-corrected chi connectivity index (χ2v) is 9.25. The Hall–Kier alpha value is -3.08. The summed E-state index contributed by atoms with van der Waals surface area (Å²) in [7, 11) is 1.61. The Bertz CT molecular complexity index is 1260. The van der Waals surface area contributed by atoms with Gasteiger partial charge in [0.15, 0.2) is 5.82 Å². The number of tetrazole rings is 1. The van der Waals surface area contributed by atoms with Crippen molar-refractivity contribution in [2.75, 3.05) is 13.7 Å². The van der Waals surface area contributed by atoms with Gasteiger partial charge in [0.05, 0.1) is 31.8 Å². The van der Waals surface area contributed by atoms with E-state index >= 15 is 0 Å². The van der Waals surface area contributed by atoms with E-state index in [4.69, 9.17) is 9.47 Å². The molecule has 172 valence electrons. The van der Waals surface area contributed by atoms with Gasteiger partial charge >= 0.3 is 0 Å². The fraction of sp³-hybridized carbons (Fsp3) is 0.391. The molecule has 0 saturated carbocycles. The van der Waals surface area contributed by atoms with Gasteiger partial charge in [0.1, 0.15) is 5.75 Å². The van der Waals surface area contributed by atoms with E-state index < -0.39 is 0 Å². The van der Waals surface area contributed by atoms with Gasteiger partial charge in [-0.2, -0.15) is 0 Å². The lowest BCUT2D eigenvalue weighted by atomic mass is 10.1. The highest BCUT2D eigenvalue weighted by molar-refractivity contribution is 7.09. The predicted octanol–water partition coefficient (Wildman–Crippen LogP) is 2.97. The number of H-pyrrole nitrogens is 1. The number of hydrogen-bond donors (Lipinski definition) is 1. The van der Waals surface area contributed by atoms with Crippen molar-refractivity contribution >= 4 is 22.2 Å². The smallest absolute Gasteiger partial charge is 0.252 e. The summed E-state index contributed by atoms with van der Waals surface area (Å²) in [6.45, 7) is 3.14. The number of fused-ring (bicyclic) bond motifs is 1. The third kappa shape index (κ3) is 5.13. The molecule has 1 atom stereocenters. The Morgan fingerprint density at radius 3 is 3.00 bits per heavy atom. The fourth-order valence-electron chi connectivity index (χ4n) is 4.16. The van der Waals surface area contributed by atoms with E-state index in [1.807, 2.05) is 35.0 Å². The van der Waals surface area contributed by atoms with Crippen LogP contribution in [0, 0.1) is 0 Å². The van der Waals surface area contributed by atoms with E-state index in [2.05, 4.69) is 36.9 Å². The molecule has 4 heterocycles. The van der Waals surface area contributed by atoms with Crippen LogP contribution < -0.4 is 10.3 Å². The summed E-state index contributed by atoms with van der Waals surface area (Å²) in [6, 6.07) is 11.8. The maximum absolute atomic E-state index is 12.9. The first-order valence-corrected chi connectivity index (χ1v) is 11.9. The molecule has 0 unspecified atom stereocenters. The van der Waals surface area contributed by atoms with E-state index in [9.17, 15) is 4.79 Å². The Balaban J connectivity index is 1.40.